The maximum atomic E-state index is 12.8. The van der Waals surface area contributed by atoms with Gasteiger partial charge in [-0.2, -0.15) is 0 Å². The number of nitrogens with zero attached hydrogens (tertiary/aromatic N) is 2. The topological polar surface area (TPSA) is 150 Å². The van der Waals surface area contributed by atoms with Crippen LogP contribution in [-0.4, -0.2) is 52.4 Å². The number of anilines is 1. The van der Waals surface area contributed by atoms with Gasteiger partial charge in [-0.05, 0) is 24.8 Å². The largest absolute Gasteiger partial charge is 0.485 e. The maximum absolute atomic E-state index is 12.8. The fourth-order valence-electron chi connectivity index (χ4n) is 3.44. The lowest BCUT2D eigenvalue weighted by Crippen LogP contribution is -2.40. The number of benzene rings is 2. The molecule has 35 heavy (non-hydrogen) atoms. The highest BCUT2D eigenvalue weighted by molar-refractivity contribution is 6.40. The molecule has 0 spiro atoms. The Kier molecular flexibility index (Phi) is 8.44. The molecule has 4 N–H and O–H groups in total. The fraction of sp³-hybridized carbons (Fsp3) is 0.280. The number of Topliss-reactive ketones (excluding diaryl/α,β-unsaturated/α-hetero) is 1. The van der Waals surface area contributed by atoms with Crippen molar-refractivity contribution in [3.8, 4) is 5.75 Å². The second kappa shape index (κ2) is 11.7. The molecule has 10 heteroatoms. The van der Waals surface area contributed by atoms with Crippen molar-refractivity contribution in [2.45, 2.75) is 26.3 Å². The monoisotopic (exact) mass is 476 g/mol. The molecule has 1 amide bonds. The SMILES string of the molecule is CCC(C(=O)NCC(=O)COc1cccc2ccccc12)n1ccnc(NCC(=N)C(C)=N)c1=O. The molecule has 2 aromatic carbocycles. The van der Waals surface area contributed by atoms with E-state index in [1.807, 2.05) is 36.4 Å². The zero-order chi connectivity index (χ0) is 25.4. The summed E-state index contributed by atoms with van der Waals surface area (Å²) in [5, 5.41) is 22.4. The molecule has 1 unspecified atom stereocenters. The molecule has 3 aromatic rings. The first-order chi connectivity index (χ1) is 16.8. The van der Waals surface area contributed by atoms with Gasteiger partial charge in [-0.25, -0.2) is 4.98 Å². The second-order valence-corrected chi connectivity index (χ2v) is 7.89. The van der Waals surface area contributed by atoms with E-state index in [1.165, 1.54) is 23.9 Å². The average molecular weight is 477 g/mol. The fourth-order valence-corrected chi connectivity index (χ4v) is 3.44. The van der Waals surface area contributed by atoms with Gasteiger partial charge in [0.15, 0.2) is 11.6 Å². The molecular weight excluding hydrogens is 448 g/mol. The number of carbonyl (C=O) groups excluding carboxylic acids is 2. The van der Waals surface area contributed by atoms with Crippen LogP contribution in [0, 0.1) is 10.8 Å². The van der Waals surface area contributed by atoms with Gasteiger partial charge in [0.25, 0.3) is 5.56 Å². The van der Waals surface area contributed by atoms with E-state index in [9.17, 15) is 14.4 Å². The van der Waals surface area contributed by atoms with Gasteiger partial charge in [0.1, 0.15) is 18.4 Å². The van der Waals surface area contributed by atoms with Crippen LogP contribution < -0.4 is 20.9 Å². The zero-order valence-corrected chi connectivity index (χ0v) is 19.6. The van der Waals surface area contributed by atoms with Crippen LogP contribution in [0.4, 0.5) is 5.82 Å². The van der Waals surface area contributed by atoms with Crippen LogP contribution in [0.15, 0.2) is 59.7 Å². The Morgan fingerprint density at radius 2 is 1.86 bits per heavy atom. The van der Waals surface area contributed by atoms with E-state index in [2.05, 4.69) is 15.6 Å². The van der Waals surface area contributed by atoms with Gasteiger partial charge in [-0.1, -0.05) is 43.3 Å². The van der Waals surface area contributed by atoms with E-state index < -0.39 is 17.5 Å². The molecular formula is C25H28N6O4. The lowest BCUT2D eigenvalue weighted by Gasteiger charge is -2.18. The van der Waals surface area contributed by atoms with Gasteiger partial charge in [0, 0.05) is 17.8 Å². The van der Waals surface area contributed by atoms with E-state index in [0.29, 0.717) is 12.2 Å². The summed E-state index contributed by atoms with van der Waals surface area (Å²) in [6.45, 7) is 2.76. The summed E-state index contributed by atoms with van der Waals surface area (Å²) in [5.41, 5.74) is -0.431. The summed E-state index contributed by atoms with van der Waals surface area (Å²) in [4.78, 5) is 41.9. The predicted molar refractivity (Wildman–Crippen MR) is 135 cm³/mol. The van der Waals surface area contributed by atoms with Crippen molar-refractivity contribution in [3.05, 3.63) is 65.2 Å². The number of hydrogen-bond donors (Lipinski definition) is 4. The summed E-state index contributed by atoms with van der Waals surface area (Å²) < 4.78 is 6.92. The van der Waals surface area contributed by atoms with E-state index in [4.69, 9.17) is 15.6 Å². The maximum Gasteiger partial charge on any atom is 0.294 e. The lowest BCUT2D eigenvalue weighted by molar-refractivity contribution is -0.128. The Morgan fingerprint density at radius 1 is 1.11 bits per heavy atom. The second-order valence-electron chi connectivity index (χ2n) is 7.89. The Bertz CT molecular complexity index is 1310. The Hall–Kier alpha value is -4.34. The summed E-state index contributed by atoms with van der Waals surface area (Å²) >= 11 is 0. The minimum atomic E-state index is -0.846. The van der Waals surface area contributed by atoms with Crippen LogP contribution in [-0.2, 0) is 9.59 Å². The average Bonchev–Trinajstić information content (AvgIpc) is 2.86. The molecule has 0 radical (unpaired) electrons. The highest BCUT2D eigenvalue weighted by Gasteiger charge is 2.21. The Labute approximate surface area is 202 Å². The van der Waals surface area contributed by atoms with Crippen molar-refractivity contribution in [2.24, 2.45) is 0 Å². The van der Waals surface area contributed by atoms with E-state index in [0.717, 1.165) is 10.8 Å². The highest BCUT2D eigenvalue weighted by atomic mass is 16.5. The molecule has 1 aromatic heterocycles. The number of fused-ring (bicyclic) bond motifs is 1. The normalized spacial score (nSPS) is 11.5. The van der Waals surface area contributed by atoms with Gasteiger partial charge < -0.3 is 26.2 Å². The van der Waals surface area contributed by atoms with Crippen molar-refractivity contribution in [2.75, 3.05) is 25.0 Å². The van der Waals surface area contributed by atoms with Crippen LogP contribution in [0.5, 0.6) is 5.75 Å². The molecule has 1 atom stereocenters. The van der Waals surface area contributed by atoms with Crippen molar-refractivity contribution in [3.63, 3.8) is 0 Å². The van der Waals surface area contributed by atoms with Gasteiger partial charge >= 0.3 is 0 Å². The molecule has 0 aliphatic heterocycles. The zero-order valence-electron chi connectivity index (χ0n) is 19.6. The first-order valence-corrected chi connectivity index (χ1v) is 11.2. The smallest absolute Gasteiger partial charge is 0.294 e. The Balaban J connectivity index is 1.60. The molecule has 0 saturated heterocycles. The third kappa shape index (κ3) is 6.38. The number of carbonyl (C=O) groups is 2. The van der Waals surface area contributed by atoms with Gasteiger partial charge in [-0.3, -0.25) is 19.0 Å². The molecule has 0 aliphatic carbocycles. The van der Waals surface area contributed by atoms with Gasteiger partial charge in [-0.15, -0.1) is 0 Å². The first kappa shape index (κ1) is 25.3. The third-order valence-electron chi connectivity index (χ3n) is 5.38. The van der Waals surface area contributed by atoms with Gasteiger partial charge in [0.05, 0.1) is 24.5 Å². The molecule has 0 aliphatic rings. The third-order valence-corrected chi connectivity index (χ3v) is 5.38. The van der Waals surface area contributed by atoms with Crippen LogP contribution >= 0.6 is 0 Å². The minimum Gasteiger partial charge on any atom is -0.485 e. The van der Waals surface area contributed by atoms with Crippen LogP contribution in [0.3, 0.4) is 0 Å². The van der Waals surface area contributed by atoms with Crippen molar-refractivity contribution >= 4 is 39.7 Å². The minimum absolute atomic E-state index is 0.0237. The van der Waals surface area contributed by atoms with Gasteiger partial charge in [0.2, 0.25) is 5.91 Å². The summed E-state index contributed by atoms with van der Waals surface area (Å²) in [6.07, 6.45) is 3.09. The van der Waals surface area contributed by atoms with Crippen LogP contribution in [0.2, 0.25) is 0 Å². The standard InChI is InChI=1S/C25H28N6O4/c1-3-21(31-12-11-28-23(25(31)34)29-14-20(27)16(2)26)24(33)30-13-18(32)15-35-22-10-6-8-17-7-4-5-9-19(17)22/h4-12,21,26-27H,3,13-15H2,1-2H3,(H,28,29)(H,30,33). The molecule has 10 nitrogen and oxygen atoms in total. The Morgan fingerprint density at radius 3 is 2.60 bits per heavy atom. The van der Waals surface area contributed by atoms with Crippen molar-refractivity contribution in [1.82, 2.24) is 14.9 Å². The lowest BCUT2D eigenvalue weighted by atomic mass is 10.1. The van der Waals surface area contributed by atoms with Crippen LogP contribution in [0.25, 0.3) is 10.8 Å². The molecule has 182 valence electrons. The number of rotatable bonds is 12. The number of hydrogen-bond acceptors (Lipinski definition) is 8. The molecule has 1 heterocycles. The number of aromatic nitrogens is 2. The summed E-state index contributed by atoms with van der Waals surface area (Å²) in [7, 11) is 0. The summed E-state index contributed by atoms with van der Waals surface area (Å²) in [5.74, 6) is -0.229. The highest BCUT2D eigenvalue weighted by Crippen LogP contribution is 2.25. The number of ketones is 1. The first-order valence-electron chi connectivity index (χ1n) is 11.2. The summed E-state index contributed by atoms with van der Waals surface area (Å²) in [6, 6.07) is 12.4. The van der Waals surface area contributed by atoms with E-state index >= 15 is 0 Å². The van der Waals surface area contributed by atoms with E-state index in [1.54, 1.807) is 13.0 Å². The number of ether oxygens (including phenoxy) is 1. The van der Waals surface area contributed by atoms with Crippen molar-refractivity contribution < 1.29 is 14.3 Å². The molecule has 0 bridgehead atoms. The predicted octanol–water partition coefficient (Wildman–Crippen LogP) is 2.58. The number of nitrogens with one attached hydrogen (secondary N) is 4. The van der Waals surface area contributed by atoms with Crippen LogP contribution in [0.1, 0.15) is 26.3 Å². The molecule has 0 fully saturated rings. The number of amides is 1. The van der Waals surface area contributed by atoms with E-state index in [-0.39, 0.29) is 42.7 Å². The van der Waals surface area contributed by atoms with Crippen molar-refractivity contribution in [1.29, 1.82) is 10.8 Å². The molecule has 3 rings (SSSR count). The molecule has 0 saturated carbocycles. The quantitative estimate of drug-likeness (QED) is 0.295.